The van der Waals surface area contributed by atoms with Crippen LogP contribution in [0.25, 0.3) is 0 Å². The third kappa shape index (κ3) is 5.28. The second-order valence-corrected chi connectivity index (χ2v) is 4.78. The molecule has 1 aromatic carbocycles. The summed E-state index contributed by atoms with van der Waals surface area (Å²) in [5.74, 6) is 1.53. The van der Waals surface area contributed by atoms with Crippen LogP contribution in [-0.4, -0.2) is 32.1 Å². The highest BCUT2D eigenvalue weighted by Crippen LogP contribution is 2.27. The molecule has 4 N–H and O–H groups in total. The van der Waals surface area contributed by atoms with Gasteiger partial charge in [-0.1, -0.05) is 0 Å². The van der Waals surface area contributed by atoms with Gasteiger partial charge in [-0.15, -0.1) is 0 Å². The average Bonchev–Trinajstić information content (AvgIpc) is 3.22. The Morgan fingerprint density at radius 1 is 1.32 bits per heavy atom. The van der Waals surface area contributed by atoms with Gasteiger partial charge in [-0.3, -0.25) is 4.79 Å². The van der Waals surface area contributed by atoms with Crippen molar-refractivity contribution in [2.24, 2.45) is 11.7 Å². The van der Waals surface area contributed by atoms with Crippen LogP contribution in [0.2, 0.25) is 0 Å². The summed E-state index contributed by atoms with van der Waals surface area (Å²) in [6.45, 7) is 2.29. The first kappa shape index (κ1) is 13.8. The van der Waals surface area contributed by atoms with Crippen LogP contribution in [0.3, 0.4) is 0 Å². The lowest BCUT2D eigenvalue weighted by molar-refractivity contribution is -0.115. The molecule has 5 nitrogen and oxygen atoms in total. The molecule has 0 aromatic heterocycles. The van der Waals surface area contributed by atoms with E-state index in [0.717, 1.165) is 23.9 Å². The van der Waals surface area contributed by atoms with Crippen molar-refractivity contribution < 1.29 is 9.53 Å². The van der Waals surface area contributed by atoms with Crippen molar-refractivity contribution in [2.45, 2.75) is 12.8 Å². The Morgan fingerprint density at radius 2 is 2.05 bits per heavy atom. The minimum atomic E-state index is -0.0173. The Labute approximate surface area is 113 Å². The smallest absolute Gasteiger partial charge is 0.238 e. The average molecular weight is 263 g/mol. The van der Waals surface area contributed by atoms with E-state index in [2.05, 4.69) is 10.6 Å². The van der Waals surface area contributed by atoms with Gasteiger partial charge in [-0.05, 0) is 49.6 Å². The van der Waals surface area contributed by atoms with E-state index in [-0.39, 0.29) is 5.91 Å². The van der Waals surface area contributed by atoms with Gasteiger partial charge in [0.2, 0.25) is 5.91 Å². The van der Waals surface area contributed by atoms with Crippen LogP contribution in [0.15, 0.2) is 24.3 Å². The summed E-state index contributed by atoms with van der Waals surface area (Å²) < 4.78 is 5.36. The Morgan fingerprint density at radius 3 is 2.68 bits per heavy atom. The number of carbonyl (C=O) groups excluding carboxylic acids is 1. The number of anilines is 1. The maximum Gasteiger partial charge on any atom is 0.238 e. The van der Waals surface area contributed by atoms with Crippen LogP contribution in [-0.2, 0) is 4.79 Å². The maximum absolute atomic E-state index is 11.6. The molecular formula is C14H21N3O2. The topological polar surface area (TPSA) is 76.4 Å². The fourth-order valence-electron chi connectivity index (χ4n) is 1.73. The summed E-state index contributed by atoms with van der Waals surface area (Å²) in [5, 5.41) is 5.99. The van der Waals surface area contributed by atoms with Crippen LogP contribution < -0.4 is 21.1 Å². The first-order valence-electron chi connectivity index (χ1n) is 6.71. The van der Waals surface area contributed by atoms with E-state index in [9.17, 15) is 4.79 Å². The lowest BCUT2D eigenvalue weighted by Crippen LogP contribution is -2.29. The second kappa shape index (κ2) is 7.11. The molecule has 1 saturated carbocycles. The minimum Gasteiger partial charge on any atom is -0.492 e. The van der Waals surface area contributed by atoms with Crippen LogP contribution in [0.4, 0.5) is 5.69 Å². The van der Waals surface area contributed by atoms with Crippen molar-refractivity contribution in [3.05, 3.63) is 24.3 Å². The molecule has 1 amide bonds. The molecule has 2 rings (SSSR count). The van der Waals surface area contributed by atoms with E-state index in [1.807, 2.05) is 24.3 Å². The molecule has 0 unspecified atom stereocenters. The summed E-state index contributed by atoms with van der Waals surface area (Å²) in [6.07, 6.45) is 2.58. The number of ether oxygens (including phenoxy) is 1. The summed E-state index contributed by atoms with van der Waals surface area (Å²) in [7, 11) is 0. The van der Waals surface area contributed by atoms with Gasteiger partial charge < -0.3 is 21.1 Å². The molecule has 0 saturated heterocycles. The molecule has 0 radical (unpaired) electrons. The van der Waals surface area contributed by atoms with Crippen molar-refractivity contribution in [1.29, 1.82) is 0 Å². The van der Waals surface area contributed by atoms with Gasteiger partial charge in [-0.2, -0.15) is 0 Å². The van der Waals surface area contributed by atoms with Gasteiger partial charge in [0.25, 0.3) is 0 Å². The molecule has 0 spiro atoms. The first-order chi connectivity index (χ1) is 9.28. The Bertz CT molecular complexity index is 402. The number of hydrogen-bond acceptors (Lipinski definition) is 4. The van der Waals surface area contributed by atoms with Crippen LogP contribution in [0.5, 0.6) is 5.75 Å². The number of benzene rings is 1. The standard InChI is InChI=1S/C14H21N3O2/c15-7-8-19-13-5-3-12(4-6-13)17-14(18)10-16-9-11-1-2-11/h3-6,11,16H,1-2,7-10,15H2,(H,17,18). The van der Waals surface area contributed by atoms with Crippen molar-refractivity contribution in [3.8, 4) is 5.75 Å². The molecule has 1 aromatic rings. The van der Waals surface area contributed by atoms with Crippen molar-refractivity contribution in [1.82, 2.24) is 5.32 Å². The van der Waals surface area contributed by atoms with Crippen molar-refractivity contribution in [2.75, 3.05) is 31.6 Å². The van der Waals surface area contributed by atoms with E-state index in [1.165, 1.54) is 12.8 Å². The largest absolute Gasteiger partial charge is 0.492 e. The van der Waals surface area contributed by atoms with Gasteiger partial charge in [0, 0.05) is 12.2 Å². The Hall–Kier alpha value is -1.59. The number of carbonyl (C=O) groups is 1. The predicted molar refractivity (Wildman–Crippen MR) is 75.2 cm³/mol. The number of hydrogen-bond donors (Lipinski definition) is 3. The van der Waals surface area contributed by atoms with Crippen LogP contribution in [0, 0.1) is 5.92 Å². The molecule has 0 heterocycles. The van der Waals surface area contributed by atoms with E-state index in [0.29, 0.717) is 19.7 Å². The third-order valence-corrected chi connectivity index (χ3v) is 2.94. The van der Waals surface area contributed by atoms with Gasteiger partial charge in [0.15, 0.2) is 0 Å². The summed E-state index contributed by atoms with van der Waals surface area (Å²) in [6, 6.07) is 7.29. The zero-order chi connectivity index (χ0) is 13.5. The summed E-state index contributed by atoms with van der Waals surface area (Å²) in [4.78, 5) is 11.6. The van der Waals surface area contributed by atoms with E-state index >= 15 is 0 Å². The minimum absolute atomic E-state index is 0.0173. The van der Waals surface area contributed by atoms with Gasteiger partial charge in [-0.25, -0.2) is 0 Å². The lowest BCUT2D eigenvalue weighted by Gasteiger charge is -2.08. The Kier molecular flexibility index (Phi) is 5.18. The van der Waals surface area contributed by atoms with Gasteiger partial charge in [0.1, 0.15) is 12.4 Å². The van der Waals surface area contributed by atoms with Crippen LogP contribution in [0.1, 0.15) is 12.8 Å². The van der Waals surface area contributed by atoms with Crippen LogP contribution >= 0.6 is 0 Å². The van der Waals surface area contributed by atoms with Crippen molar-refractivity contribution >= 4 is 11.6 Å². The molecule has 104 valence electrons. The first-order valence-corrected chi connectivity index (χ1v) is 6.71. The monoisotopic (exact) mass is 263 g/mol. The highest BCUT2D eigenvalue weighted by Gasteiger charge is 2.20. The predicted octanol–water partition coefficient (Wildman–Crippen LogP) is 0.962. The molecule has 0 atom stereocenters. The highest BCUT2D eigenvalue weighted by atomic mass is 16.5. The third-order valence-electron chi connectivity index (χ3n) is 2.94. The Balaban J connectivity index is 1.69. The SMILES string of the molecule is NCCOc1ccc(NC(=O)CNCC2CC2)cc1. The van der Waals surface area contributed by atoms with Gasteiger partial charge >= 0.3 is 0 Å². The van der Waals surface area contributed by atoms with Crippen molar-refractivity contribution in [3.63, 3.8) is 0 Å². The van der Waals surface area contributed by atoms with E-state index in [4.69, 9.17) is 10.5 Å². The fraction of sp³-hybridized carbons (Fsp3) is 0.500. The zero-order valence-electron chi connectivity index (χ0n) is 11.0. The lowest BCUT2D eigenvalue weighted by atomic mass is 10.3. The molecule has 0 bridgehead atoms. The summed E-state index contributed by atoms with van der Waals surface area (Å²) in [5.41, 5.74) is 6.13. The molecule has 1 aliphatic carbocycles. The van der Waals surface area contributed by atoms with Gasteiger partial charge in [0.05, 0.1) is 6.54 Å². The van der Waals surface area contributed by atoms with E-state index < -0.39 is 0 Å². The number of amides is 1. The number of rotatable bonds is 8. The molecule has 1 fully saturated rings. The second-order valence-electron chi connectivity index (χ2n) is 4.78. The fourth-order valence-corrected chi connectivity index (χ4v) is 1.73. The normalized spacial score (nSPS) is 14.2. The number of nitrogens with two attached hydrogens (primary N) is 1. The highest BCUT2D eigenvalue weighted by molar-refractivity contribution is 5.92. The van der Waals surface area contributed by atoms with E-state index in [1.54, 1.807) is 0 Å². The molecular weight excluding hydrogens is 242 g/mol. The number of nitrogens with one attached hydrogen (secondary N) is 2. The summed E-state index contributed by atoms with van der Waals surface area (Å²) >= 11 is 0. The molecule has 5 heteroatoms. The quantitative estimate of drug-likeness (QED) is 0.653. The molecule has 19 heavy (non-hydrogen) atoms. The molecule has 0 aliphatic heterocycles. The zero-order valence-corrected chi connectivity index (χ0v) is 11.0. The molecule has 1 aliphatic rings. The maximum atomic E-state index is 11.6.